The minimum atomic E-state index is -0.717. The van der Waals surface area contributed by atoms with Crippen molar-refractivity contribution in [3.8, 4) is 0 Å². The Morgan fingerprint density at radius 1 is 0.622 bits per heavy atom. The van der Waals surface area contributed by atoms with Gasteiger partial charge < -0.3 is 9.47 Å². The summed E-state index contributed by atoms with van der Waals surface area (Å²) in [4.78, 5) is 12.4. The van der Waals surface area contributed by atoms with E-state index in [1.807, 2.05) is 36.4 Å². The first kappa shape index (κ1) is 26.4. The van der Waals surface area contributed by atoms with Crippen LogP contribution in [0.15, 0.2) is 121 Å². The van der Waals surface area contributed by atoms with Gasteiger partial charge in [-0.3, -0.25) is 0 Å². The van der Waals surface area contributed by atoms with Crippen LogP contribution < -0.4 is 0 Å². The van der Waals surface area contributed by atoms with E-state index in [-0.39, 0.29) is 5.97 Å². The van der Waals surface area contributed by atoms with Crippen molar-refractivity contribution < 1.29 is 14.3 Å². The molecule has 37 heavy (non-hydrogen) atoms. The maximum absolute atomic E-state index is 12.4. The van der Waals surface area contributed by atoms with Crippen LogP contribution in [0.5, 0.6) is 0 Å². The third kappa shape index (κ3) is 6.55. The van der Waals surface area contributed by atoms with Crippen molar-refractivity contribution in [3.05, 3.63) is 144 Å². The number of carbonyl (C=O) groups excluding carboxylic acids is 1. The molecule has 0 N–H and O–H groups in total. The summed E-state index contributed by atoms with van der Waals surface area (Å²) in [6, 6.07) is 40.5. The van der Waals surface area contributed by atoms with Gasteiger partial charge in [-0.1, -0.05) is 123 Å². The van der Waals surface area contributed by atoms with Gasteiger partial charge in [-0.2, -0.15) is 0 Å². The number of esters is 1. The molecule has 4 aromatic rings. The van der Waals surface area contributed by atoms with E-state index in [9.17, 15) is 4.79 Å². The van der Waals surface area contributed by atoms with Gasteiger partial charge in [-0.15, -0.1) is 0 Å². The highest BCUT2D eigenvalue weighted by Gasteiger charge is 2.37. The number of carbonyl (C=O) groups is 1. The molecule has 0 heterocycles. The summed E-state index contributed by atoms with van der Waals surface area (Å²) in [5.41, 5.74) is 3.18. The zero-order valence-corrected chi connectivity index (χ0v) is 21.8. The Labute approximate surface area is 221 Å². The lowest BCUT2D eigenvalue weighted by Gasteiger charge is -2.36. The van der Waals surface area contributed by atoms with E-state index >= 15 is 0 Å². The predicted molar refractivity (Wildman–Crippen MR) is 149 cm³/mol. The first-order valence-electron chi connectivity index (χ1n) is 13.1. The maximum atomic E-state index is 12.4. The summed E-state index contributed by atoms with van der Waals surface area (Å²) in [6.07, 6.45) is 1.67. The molecule has 0 spiro atoms. The van der Waals surface area contributed by atoms with Gasteiger partial charge in [-0.05, 0) is 53.5 Å². The average molecular weight is 493 g/mol. The highest BCUT2D eigenvalue weighted by atomic mass is 16.5. The third-order valence-corrected chi connectivity index (χ3v) is 7.02. The number of benzene rings is 4. The smallest absolute Gasteiger partial charge is 0.338 e. The second-order valence-electron chi connectivity index (χ2n) is 9.71. The molecular weight excluding hydrogens is 456 g/mol. The molecule has 0 aliphatic carbocycles. The Kier molecular flexibility index (Phi) is 9.29. The standard InChI is InChI=1S/C34H36O3/c1-27(2)28(23-25-36-33(35)29-15-7-3-8-16-29)24-26-37-34(30-17-9-4-10-18-30,31-19-11-5-12-20-31)32-21-13-6-14-22-32/h3-22,27-28H,23-26H2,1-2H3/t28-/m0/s1. The lowest BCUT2D eigenvalue weighted by molar-refractivity contribution is 0.000436. The molecule has 0 aliphatic rings. The Bertz CT molecular complexity index is 1110. The van der Waals surface area contributed by atoms with E-state index in [1.54, 1.807) is 12.1 Å². The van der Waals surface area contributed by atoms with Gasteiger partial charge in [0.25, 0.3) is 0 Å². The van der Waals surface area contributed by atoms with Crippen LogP contribution in [-0.4, -0.2) is 19.2 Å². The number of hydrogen-bond acceptors (Lipinski definition) is 3. The molecule has 0 unspecified atom stereocenters. The van der Waals surface area contributed by atoms with Crippen LogP contribution in [0.4, 0.5) is 0 Å². The summed E-state index contributed by atoms with van der Waals surface area (Å²) in [6.45, 7) is 5.43. The van der Waals surface area contributed by atoms with Gasteiger partial charge in [0.15, 0.2) is 0 Å². The molecule has 4 rings (SSSR count). The van der Waals surface area contributed by atoms with Gasteiger partial charge in [0.05, 0.1) is 12.2 Å². The Hall–Kier alpha value is -3.69. The van der Waals surface area contributed by atoms with Crippen LogP contribution in [0.1, 0.15) is 53.7 Å². The van der Waals surface area contributed by atoms with E-state index in [0.717, 1.165) is 29.5 Å². The van der Waals surface area contributed by atoms with Crippen molar-refractivity contribution in [1.82, 2.24) is 0 Å². The molecular formula is C34H36O3. The molecule has 0 radical (unpaired) electrons. The third-order valence-electron chi connectivity index (χ3n) is 7.02. The van der Waals surface area contributed by atoms with E-state index in [4.69, 9.17) is 9.47 Å². The van der Waals surface area contributed by atoms with Gasteiger partial charge in [-0.25, -0.2) is 4.79 Å². The maximum Gasteiger partial charge on any atom is 0.338 e. The van der Waals surface area contributed by atoms with Crippen molar-refractivity contribution in [2.75, 3.05) is 13.2 Å². The van der Waals surface area contributed by atoms with Gasteiger partial charge in [0, 0.05) is 6.61 Å². The molecule has 0 fully saturated rings. The molecule has 0 saturated heterocycles. The largest absolute Gasteiger partial charge is 0.462 e. The Morgan fingerprint density at radius 3 is 1.46 bits per heavy atom. The Balaban J connectivity index is 1.51. The minimum Gasteiger partial charge on any atom is -0.462 e. The fourth-order valence-corrected chi connectivity index (χ4v) is 4.90. The lowest BCUT2D eigenvalue weighted by Crippen LogP contribution is -2.34. The minimum absolute atomic E-state index is 0.268. The average Bonchev–Trinajstić information content (AvgIpc) is 2.96. The second kappa shape index (κ2) is 13.0. The molecule has 1 atom stereocenters. The zero-order valence-electron chi connectivity index (χ0n) is 21.8. The molecule has 0 aromatic heterocycles. The van der Waals surface area contributed by atoms with E-state index < -0.39 is 5.60 Å². The summed E-state index contributed by atoms with van der Waals surface area (Å²) in [7, 11) is 0. The van der Waals surface area contributed by atoms with Crippen LogP contribution in [0, 0.1) is 11.8 Å². The van der Waals surface area contributed by atoms with Crippen LogP contribution >= 0.6 is 0 Å². The summed E-state index contributed by atoms with van der Waals surface area (Å²) in [5, 5.41) is 0. The fraction of sp³-hybridized carbons (Fsp3) is 0.265. The molecule has 3 nitrogen and oxygen atoms in total. The first-order valence-corrected chi connectivity index (χ1v) is 13.1. The SMILES string of the molecule is CC(C)[C@@H](CCOC(=O)c1ccccc1)CCOC(c1ccccc1)(c1ccccc1)c1ccccc1. The quantitative estimate of drug-likeness (QED) is 0.149. The molecule has 0 bridgehead atoms. The van der Waals surface area contributed by atoms with Gasteiger partial charge in [0.1, 0.15) is 5.60 Å². The highest BCUT2D eigenvalue weighted by molar-refractivity contribution is 5.89. The summed E-state index contributed by atoms with van der Waals surface area (Å²) < 4.78 is 12.5. The van der Waals surface area contributed by atoms with Crippen LogP contribution in [0.2, 0.25) is 0 Å². The predicted octanol–water partition coefficient (Wildman–Crippen LogP) is 7.90. The molecule has 0 saturated carbocycles. The number of hydrogen-bond donors (Lipinski definition) is 0. The Morgan fingerprint density at radius 2 is 1.03 bits per heavy atom. The second-order valence-corrected chi connectivity index (χ2v) is 9.71. The first-order chi connectivity index (χ1) is 18.1. The van der Waals surface area contributed by atoms with Crippen LogP contribution in [-0.2, 0) is 15.1 Å². The number of ether oxygens (including phenoxy) is 2. The van der Waals surface area contributed by atoms with E-state index in [2.05, 4.69) is 86.6 Å². The molecule has 0 aliphatic heterocycles. The number of rotatable bonds is 12. The monoisotopic (exact) mass is 492 g/mol. The van der Waals surface area contributed by atoms with Gasteiger partial charge in [0.2, 0.25) is 0 Å². The van der Waals surface area contributed by atoms with Crippen molar-refractivity contribution >= 4 is 5.97 Å². The van der Waals surface area contributed by atoms with Gasteiger partial charge >= 0.3 is 5.97 Å². The molecule has 190 valence electrons. The lowest BCUT2D eigenvalue weighted by atomic mass is 9.80. The van der Waals surface area contributed by atoms with E-state index in [1.165, 1.54) is 0 Å². The molecule has 3 heteroatoms. The summed E-state index contributed by atoms with van der Waals surface area (Å²) in [5.74, 6) is 0.540. The van der Waals surface area contributed by atoms with Crippen molar-refractivity contribution in [1.29, 1.82) is 0 Å². The van der Waals surface area contributed by atoms with Crippen LogP contribution in [0.25, 0.3) is 0 Å². The topological polar surface area (TPSA) is 35.5 Å². The molecule has 0 amide bonds. The van der Waals surface area contributed by atoms with Crippen LogP contribution in [0.3, 0.4) is 0 Å². The summed E-state index contributed by atoms with van der Waals surface area (Å²) >= 11 is 0. The van der Waals surface area contributed by atoms with Crippen molar-refractivity contribution in [2.24, 2.45) is 11.8 Å². The zero-order chi connectivity index (χ0) is 25.9. The normalized spacial score (nSPS) is 12.3. The fourth-order valence-electron chi connectivity index (χ4n) is 4.90. The molecule has 4 aromatic carbocycles. The van der Waals surface area contributed by atoms with Crippen molar-refractivity contribution in [3.63, 3.8) is 0 Å². The van der Waals surface area contributed by atoms with Crippen molar-refractivity contribution in [2.45, 2.75) is 32.3 Å². The van der Waals surface area contributed by atoms with E-state index in [0.29, 0.717) is 30.6 Å². The highest BCUT2D eigenvalue weighted by Crippen LogP contribution is 2.40.